The van der Waals surface area contributed by atoms with Crippen LogP contribution in [0, 0.1) is 10.1 Å². The Morgan fingerprint density at radius 3 is 2.83 bits per heavy atom. The predicted molar refractivity (Wildman–Crippen MR) is 84.2 cm³/mol. The SMILES string of the molecule is CCC(C)Nc1nc(N)nc(N/N=C/c2ccc([N+](=O)[O-])o2)n1. The van der Waals surface area contributed by atoms with Gasteiger partial charge in [0, 0.05) is 6.04 Å². The summed E-state index contributed by atoms with van der Waals surface area (Å²) in [5.41, 5.74) is 8.17. The zero-order chi connectivity index (χ0) is 16.8. The first kappa shape index (κ1) is 16.1. The molecule has 1 atom stereocenters. The highest BCUT2D eigenvalue weighted by Gasteiger charge is 2.10. The van der Waals surface area contributed by atoms with Crippen molar-refractivity contribution in [1.82, 2.24) is 15.0 Å². The molecular weight excluding hydrogens is 304 g/mol. The number of hydrogen-bond donors (Lipinski definition) is 3. The van der Waals surface area contributed by atoms with E-state index in [1.165, 1.54) is 18.3 Å². The van der Waals surface area contributed by atoms with Crippen LogP contribution >= 0.6 is 0 Å². The molecule has 23 heavy (non-hydrogen) atoms. The molecule has 122 valence electrons. The first-order chi connectivity index (χ1) is 11.0. The summed E-state index contributed by atoms with van der Waals surface area (Å²) in [5.74, 6) is 0.357. The molecule has 0 bridgehead atoms. The molecule has 0 aliphatic rings. The van der Waals surface area contributed by atoms with Gasteiger partial charge in [-0.25, -0.2) is 5.43 Å². The van der Waals surface area contributed by atoms with Crippen molar-refractivity contribution in [2.45, 2.75) is 26.3 Å². The molecule has 0 aromatic carbocycles. The standard InChI is InChI=1S/C12H16N8O3/c1-3-7(2)15-11-16-10(13)17-12(18-11)19-14-6-8-4-5-9(23-8)20(21)22/h4-7H,3H2,1-2H3,(H4,13,15,16,17,18,19)/b14-6+. The molecule has 2 heterocycles. The number of hydrazone groups is 1. The molecule has 4 N–H and O–H groups in total. The van der Waals surface area contributed by atoms with Crippen LogP contribution < -0.4 is 16.5 Å². The lowest BCUT2D eigenvalue weighted by atomic mass is 10.3. The maximum Gasteiger partial charge on any atom is 0.433 e. The van der Waals surface area contributed by atoms with Gasteiger partial charge in [0.05, 0.1) is 12.3 Å². The van der Waals surface area contributed by atoms with Crippen LogP contribution in [0.15, 0.2) is 21.7 Å². The second kappa shape index (κ2) is 7.15. The van der Waals surface area contributed by atoms with Crippen LogP contribution in [0.5, 0.6) is 0 Å². The Morgan fingerprint density at radius 1 is 1.43 bits per heavy atom. The highest BCUT2D eigenvalue weighted by Crippen LogP contribution is 2.14. The third kappa shape index (κ3) is 4.62. The normalized spacial score (nSPS) is 12.3. The highest BCUT2D eigenvalue weighted by atomic mass is 16.6. The highest BCUT2D eigenvalue weighted by molar-refractivity contribution is 5.76. The number of furan rings is 1. The summed E-state index contributed by atoms with van der Waals surface area (Å²) in [6.07, 6.45) is 2.15. The third-order valence-corrected chi connectivity index (χ3v) is 2.79. The Kier molecular flexibility index (Phi) is 5.02. The van der Waals surface area contributed by atoms with E-state index in [9.17, 15) is 10.1 Å². The van der Waals surface area contributed by atoms with E-state index in [0.717, 1.165) is 6.42 Å². The average Bonchev–Trinajstić information content (AvgIpc) is 2.95. The number of nitrogens with one attached hydrogen (secondary N) is 2. The van der Waals surface area contributed by atoms with Crippen molar-refractivity contribution >= 4 is 29.9 Å². The van der Waals surface area contributed by atoms with Crippen LogP contribution in [-0.4, -0.2) is 32.1 Å². The van der Waals surface area contributed by atoms with Gasteiger partial charge in [0.25, 0.3) is 0 Å². The van der Waals surface area contributed by atoms with Gasteiger partial charge in [-0.15, -0.1) is 0 Å². The van der Waals surface area contributed by atoms with Crippen LogP contribution in [0.4, 0.5) is 23.7 Å². The molecular formula is C12H16N8O3. The van der Waals surface area contributed by atoms with Gasteiger partial charge in [-0.05, 0) is 19.4 Å². The van der Waals surface area contributed by atoms with Crippen molar-refractivity contribution < 1.29 is 9.34 Å². The predicted octanol–water partition coefficient (Wildman–Crippen LogP) is 1.61. The minimum absolute atomic E-state index is 0.0390. The summed E-state index contributed by atoms with van der Waals surface area (Å²) in [4.78, 5) is 21.8. The lowest BCUT2D eigenvalue weighted by Crippen LogP contribution is -2.17. The summed E-state index contributed by atoms with van der Waals surface area (Å²) in [5, 5.41) is 17.4. The fourth-order valence-corrected chi connectivity index (χ4v) is 1.49. The maximum atomic E-state index is 10.5. The fraction of sp³-hybridized carbons (Fsp3) is 0.333. The van der Waals surface area contributed by atoms with Crippen LogP contribution in [0.25, 0.3) is 0 Å². The number of nitrogen functional groups attached to an aromatic ring is 1. The second-order valence-corrected chi connectivity index (χ2v) is 4.60. The summed E-state index contributed by atoms with van der Waals surface area (Å²) < 4.78 is 4.92. The minimum Gasteiger partial charge on any atom is -0.400 e. The first-order valence-corrected chi connectivity index (χ1v) is 6.79. The van der Waals surface area contributed by atoms with E-state index >= 15 is 0 Å². The molecule has 0 amide bonds. The van der Waals surface area contributed by atoms with Gasteiger partial charge in [0.1, 0.15) is 4.92 Å². The lowest BCUT2D eigenvalue weighted by molar-refractivity contribution is -0.402. The van der Waals surface area contributed by atoms with E-state index in [1.807, 2.05) is 13.8 Å². The topological polar surface area (TPSA) is 157 Å². The quantitative estimate of drug-likeness (QED) is 0.391. The largest absolute Gasteiger partial charge is 0.433 e. The smallest absolute Gasteiger partial charge is 0.400 e. The van der Waals surface area contributed by atoms with Crippen molar-refractivity contribution in [2.24, 2.45) is 5.10 Å². The molecule has 0 saturated heterocycles. The average molecular weight is 320 g/mol. The second-order valence-electron chi connectivity index (χ2n) is 4.60. The summed E-state index contributed by atoms with van der Waals surface area (Å²) in [6.45, 7) is 4.00. The summed E-state index contributed by atoms with van der Waals surface area (Å²) >= 11 is 0. The number of anilines is 3. The van der Waals surface area contributed by atoms with E-state index in [2.05, 4.69) is 30.8 Å². The van der Waals surface area contributed by atoms with E-state index in [0.29, 0.717) is 5.95 Å². The van der Waals surface area contributed by atoms with Gasteiger partial charge in [0.2, 0.25) is 17.8 Å². The van der Waals surface area contributed by atoms with Gasteiger partial charge >= 0.3 is 5.88 Å². The van der Waals surface area contributed by atoms with Crippen molar-refractivity contribution in [3.8, 4) is 0 Å². The molecule has 0 radical (unpaired) electrons. The van der Waals surface area contributed by atoms with Crippen LogP contribution in [0.2, 0.25) is 0 Å². The Morgan fingerprint density at radius 2 is 2.17 bits per heavy atom. The molecule has 11 heteroatoms. The van der Waals surface area contributed by atoms with Crippen LogP contribution in [0.3, 0.4) is 0 Å². The minimum atomic E-state index is -0.635. The molecule has 1 unspecified atom stereocenters. The number of hydrogen-bond acceptors (Lipinski definition) is 10. The number of nitro groups is 1. The fourth-order valence-electron chi connectivity index (χ4n) is 1.49. The van der Waals surface area contributed by atoms with E-state index < -0.39 is 4.92 Å². The van der Waals surface area contributed by atoms with Crippen molar-refractivity contribution in [2.75, 3.05) is 16.5 Å². The molecule has 2 aromatic rings. The molecule has 0 aliphatic heterocycles. The molecule has 2 rings (SSSR count). The summed E-state index contributed by atoms with van der Waals surface area (Å²) in [6, 6.07) is 2.83. The number of aromatic nitrogens is 3. The zero-order valence-electron chi connectivity index (χ0n) is 12.6. The molecule has 0 spiro atoms. The number of nitrogens with two attached hydrogens (primary N) is 1. The van der Waals surface area contributed by atoms with Gasteiger partial charge in [-0.1, -0.05) is 6.92 Å². The molecule has 11 nitrogen and oxygen atoms in total. The van der Waals surface area contributed by atoms with E-state index in [-0.39, 0.29) is 29.6 Å². The Bertz CT molecular complexity index is 714. The van der Waals surface area contributed by atoms with Gasteiger partial charge in [0.15, 0.2) is 5.76 Å². The molecule has 0 saturated carbocycles. The van der Waals surface area contributed by atoms with Gasteiger partial charge < -0.3 is 15.5 Å². The van der Waals surface area contributed by atoms with Gasteiger partial charge in [-0.3, -0.25) is 10.1 Å². The van der Waals surface area contributed by atoms with E-state index in [4.69, 9.17) is 10.2 Å². The first-order valence-electron chi connectivity index (χ1n) is 6.79. The third-order valence-electron chi connectivity index (χ3n) is 2.79. The Labute approximate surface area is 131 Å². The van der Waals surface area contributed by atoms with Crippen LogP contribution in [-0.2, 0) is 0 Å². The molecule has 2 aromatic heterocycles. The Hall–Kier alpha value is -3.24. The number of nitrogens with zero attached hydrogens (tertiary/aromatic N) is 5. The van der Waals surface area contributed by atoms with Crippen molar-refractivity contribution in [3.05, 3.63) is 28.0 Å². The van der Waals surface area contributed by atoms with Crippen molar-refractivity contribution in [1.29, 1.82) is 0 Å². The zero-order valence-corrected chi connectivity index (χ0v) is 12.6. The monoisotopic (exact) mass is 320 g/mol. The lowest BCUT2D eigenvalue weighted by Gasteiger charge is -2.11. The molecule has 0 fully saturated rings. The van der Waals surface area contributed by atoms with Crippen molar-refractivity contribution in [3.63, 3.8) is 0 Å². The van der Waals surface area contributed by atoms with Gasteiger partial charge in [-0.2, -0.15) is 20.1 Å². The number of rotatable bonds is 7. The molecule has 0 aliphatic carbocycles. The van der Waals surface area contributed by atoms with E-state index in [1.54, 1.807) is 0 Å². The summed E-state index contributed by atoms with van der Waals surface area (Å²) in [7, 11) is 0. The van der Waals surface area contributed by atoms with Crippen LogP contribution in [0.1, 0.15) is 26.0 Å². The Balaban J connectivity index is 2.04. The maximum absolute atomic E-state index is 10.5.